The van der Waals surface area contributed by atoms with Gasteiger partial charge in [-0.25, -0.2) is 14.5 Å². The monoisotopic (exact) mass is 334 g/mol. The fourth-order valence-electron chi connectivity index (χ4n) is 2.38. The van der Waals surface area contributed by atoms with E-state index in [1.54, 1.807) is 23.9 Å². The van der Waals surface area contributed by atoms with Crippen molar-refractivity contribution in [3.8, 4) is 0 Å². The van der Waals surface area contributed by atoms with E-state index in [1.165, 1.54) is 7.11 Å². The number of carbonyl (C=O) groups excluding carboxylic acids is 1. The van der Waals surface area contributed by atoms with E-state index in [9.17, 15) is 9.59 Å². The van der Waals surface area contributed by atoms with Crippen LogP contribution in [0.3, 0.4) is 0 Å². The lowest BCUT2D eigenvalue weighted by molar-refractivity contribution is -0.148. The molecular weight excluding hydrogens is 312 g/mol. The maximum Gasteiger partial charge on any atom is 0.334 e. The van der Waals surface area contributed by atoms with Crippen molar-refractivity contribution >= 4 is 22.9 Å². The molecule has 2 N–H and O–H groups in total. The van der Waals surface area contributed by atoms with Crippen molar-refractivity contribution < 1.29 is 19.4 Å². The van der Waals surface area contributed by atoms with Crippen molar-refractivity contribution in [3.63, 3.8) is 0 Å². The summed E-state index contributed by atoms with van der Waals surface area (Å²) in [5.41, 5.74) is 1.77. The number of aryl methyl sites for hydroxylation is 1. The number of hydrogen-bond donors (Lipinski definition) is 2. The molecule has 0 fully saturated rings. The summed E-state index contributed by atoms with van der Waals surface area (Å²) in [6.07, 6.45) is 1.42. The SMILES string of the molecule is CCC(C)n1ncc2c(C(=O)NCC(OC)C(=O)O)cc(C)nc21. The van der Waals surface area contributed by atoms with E-state index in [-0.39, 0.29) is 18.5 Å². The first kappa shape index (κ1) is 17.9. The predicted octanol–water partition coefficient (Wildman–Crippen LogP) is 1.54. The van der Waals surface area contributed by atoms with Crippen LogP contribution in [0, 0.1) is 6.92 Å². The molecule has 1 amide bonds. The standard InChI is InChI=1S/C16H22N4O4/c1-5-10(3)20-14-12(7-18-20)11(6-9(2)19-14)15(21)17-8-13(24-4)16(22)23/h6-7,10,13H,5,8H2,1-4H3,(H,17,21)(H,22,23). The smallest absolute Gasteiger partial charge is 0.334 e. The van der Waals surface area contributed by atoms with Gasteiger partial charge in [0, 0.05) is 12.8 Å². The second kappa shape index (κ2) is 7.39. The van der Waals surface area contributed by atoms with Crippen LogP contribution >= 0.6 is 0 Å². The number of ether oxygens (including phenoxy) is 1. The Labute approximate surface area is 139 Å². The number of carbonyl (C=O) groups is 2. The molecule has 0 aliphatic rings. The quantitative estimate of drug-likeness (QED) is 0.795. The highest BCUT2D eigenvalue weighted by molar-refractivity contribution is 6.05. The minimum atomic E-state index is -1.13. The molecule has 0 aliphatic heterocycles. The molecule has 24 heavy (non-hydrogen) atoms. The van der Waals surface area contributed by atoms with Gasteiger partial charge in [0.05, 0.1) is 29.7 Å². The van der Waals surface area contributed by atoms with Crippen molar-refractivity contribution in [2.24, 2.45) is 0 Å². The van der Waals surface area contributed by atoms with Crippen LogP contribution in [-0.2, 0) is 9.53 Å². The molecule has 2 heterocycles. The number of methoxy groups -OCH3 is 1. The first-order chi connectivity index (χ1) is 11.4. The van der Waals surface area contributed by atoms with Crippen molar-refractivity contribution in [2.75, 3.05) is 13.7 Å². The number of hydrogen-bond acceptors (Lipinski definition) is 5. The van der Waals surface area contributed by atoms with Crippen molar-refractivity contribution in [2.45, 2.75) is 39.3 Å². The van der Waals surface area contributed by atoms with E-state index >= 15 is 0 Å². The lowest BCUT2D eigenvalue weighted by Gasteiger charge is -2.13. The van der Waals surface area contributed by atoms with Crippen LogP contribution in [0.5, 0.6) is 0 Å². The Morgan fingerprint density at radius 1 is 1.46 bits per heavy atom. The molecule has 0 saturated heterocycles. The normalized spacial score (nSPS) is 13.7. The van der Waals surface area contributed by atoms with E-state index in [4.69, 9.17) is 9.84 Å². The lowest BCUT2D eigenvalue weighted by atomic mass is 10.1. The Morgan fingerprint density at radius 2 is 2.17 bits per heavy atom. The summed E-state index contributed by atoms with van der Waals surface area (Å²) in [5, 5.41) is 16.5. The van der Waals surface area contributed by atoms with Gasteiger partial charge in [0.15, 0.2) is 11.8 Å². The molecule has 2 unspecified atom stereocenters. The summed E-state index contributed by atoms with van der Waals surface area (Å²) in [7, 11) is 1.29. The van der Waals surface area contributed by atoms with E-state index in [0.717, 1.165) is 6.42 Å². The molecule has 2 aromatic rings. The predicted molar refractivity (Wildman–Crippen MR) is 88.0 cm³/mol. The van der Waals surface area contributed by atoms with Crippen molar-refractivity contribution in [1.82, 2.24) is 20.1 Å². The Bertz CT molecular complexity index is 756. The number of aromatic nitrogens is 3. The number of pyridine rings is 1. The number of rotatable bonds is 7. The molecule has 0 bridgehead atoms. The third-order valence-corrected chi connectivity index (χ3v) is 3.96. The third-order valence-electron chi connectivity index (χ3n) is 3.96. The zero-order valence-electron chi connectivity index (χ0n) is 14.2. The molecule has 2 aromatic heterocycles. The highest BCUT2D eigenvalue weighted by atomic mass is 16.5. The van der Waals surface area contributed by atoms with Crippen LogP contribution in [-0.4, -0.2) is 51.5 Å². The maximum absolute atomic E-state index is 12.5. The van der Waals surface area contributed by atoms with Crippen LogP contribution in [0.25, 0.3) is 11.0 Å². The number of carboxylic acid groups (broad SMARTS) is 1. The second-order valence-electron chi connectivity index (χ2n) is 5.67. The van der Waals surface area contributed by atoms with Crippen molar-refractivity contribution in [3.05, 3.63) is 23.5 Å². The van der Waals surface area contributed by atoms with E-state index < -0.39 is 12.1 Å². The van der Waals surface area contributed by atoms with Gasteiger partial charge in [-0.1, -0.05) is 6.92 Å². The van der Waals surface area contributed by atoms with Gasteiger partial charge in [0.1, 0.15) is 0 Å². The molecule has 2 rings (SSSR count). The molecule has 0 aromatic carbocycles. The van der Waals surface area contributed by atoms with Crippen LogP contribution in [0.2, 0.25) is 0 Å². The van der Waals surface area contributed by atoms with Gasteiger partial charge in [-0.3, -0.25) is 4.79 Å². The molecule has 0 spiro atoms. The van der Waals surface area contributed by atoms with Crippen LogP contribution in [0.1, 0.15) is 42.4 Å². The number of amides is 1. The fraction of sp³-hybridized carbons (Fsp3) is 0.500. The van der Waals surface area contributed by atoms with Gasteiger partial charge < -0.3 is 15.2 Å². The van der Waals surface area contributed by atoms with Crippen molar-refractivity contribution in [1.29, 1.82) is 0 Å². The largest absolute Gasteiger partial charge is 0.479 e. The number of nitrogens with zero attached hydrogens (tertiary/aromatic N) is 3. The minimum Gasteiger partial charge on any atom is -0.479 e. The highest BCUT2D eigenvalue weighted by Gasteiger charge is 2.21. The minimum absolute atomic E-state index is 0.118. The topological polar surface area (TPSA) is 106 Å². The molecular formula is C16H22N4O4. The summed E-state index contributed by atoms with van der Waals surface area (Å²) < 4.78 is 6.62. The van der Waals surface area contributed by atoms with Gasteiger partial charge in [-0.2, -0.15) is 5.10 Å². The number of nitrogens with one attached hydrogen (secondary N) is 1. The highest BCUT2D eigenvalue weighted by Crippen LogP contribution is 2.22. The first-order valence-corrected chi connectivity index (χ1v) is 7.77. The Hall–Kier alpha value is -2.48. The third kappa shape index (κ3) is 3.53. The molecule has 130 valence electrons. The van der Waals surface area contributed by atoms with Gasteiger partial charge >= 0.3 is 5.97 Å². The zero-order chi connectivity index (χ0) is 17.9. The average Bonchev–Trinajstić information content (AvgIpc) is 2.96. The molecule has 8 nitrogen and oxygen atoms in total. The van der Waals surface area contributed by atoms with E-state index in [1.807, 2.05) is 6.92 Å². The second-order valence-corrected chi connectivity index (χ2v) is 5.67. The average molecular weight is 334 g/mol. The summed E-state index contributed by atoms with van der Waals surface area (Å²) in [6, 6.07) is 1.83. The molecule has 0 saturated carbocycles. The number of fused-ring (bicyclic) bond motifs is 1. The van der Waals surface area contributed by atoms with Gasteiger partial charge in [0.2, 0.25) is 0 Å². The van der Waals surface area contributed by atoms with Crippen LogP contribution < -0.4 is 5.32 Å². The first-order valence-electron chi connectivity index (χ1n) is 7.77. The van der Waals surface area contributed by atoms with E-state index in [2.05, 4.69) is 22.3 Å². The van der Waals surface area contributed by atoms with E-state index in [0.29, 0.717) is 22.3 Å². The summed E-state index contributed by atoms with van der Waals surface area (Å²) >= 11 is 0. The summed E-state index contributed by atoms with van der Waals surface area (Å²) in [6.45, 7) is 5.77. The molecule has 0 radical (unpaired) electrons. The lowest BCUT2D eigenvalue weighted by Crippen LogP contribution is -2.37. The van der Waals surface area contributed by atoms with Crippen LogP contribution in [0.4, 0.5) is 0 Å². The summed E-state index contributed by atoms with van der Waals surface area (Å²) in [5.74, 6) is -1.50. The number of aliphatic carboxylic acids is 1. The van der Waals surface area contributed by atoms with Gasteiger partial charge in [0.25, 0.3) is 5.91 Å². The Morgan fingerprint density at radius 3 is 2.75 bits per heavy atom. The molecule has 2 atom stereocenters. The zero-order valence-corrected chi connectivity index (χ0v) is 14.2. The fourth-order valence-corrected chi connectivity index (χ4v) is 2.38. The maximum atomic E-state index is 12.5. The van der Waals surface area contributed by atoms with Gasteiger partial charge in [-0.15, -0.1) is 0 Å². The van der Waals surface area contributed by atoms with Crippen LogP contribution in [0.15, 0.2) is 12.3 Å². The number of carboxylic acids is 1. The molecule has 0 aliphatic carbocycles. The summed E-state index contributed by atoms with van der Waals surface area (Å²) in [4.78, 5) is 27.9. The Balaban J connectivity index is 2.33. The van der Waals surface area contributed by atoms with Gasteiger partial charge in [-0.05, 0) is 26.3 Å². The Kier molecular flexibility index (Phi) is 5.50. The molecule has 8 heteroatoms.